The molecule has 2 aromatic carbocycles. The second-order valence-corrected chi connectivity index (χ2v) is 21.0. The molecular formula is C38H51N2O13S4+. The first-order chi connectivity index (χ1) is 26.4. The third-order valence-electron chi connectivity index (χ3n) is 10.5. The van der Waals surface area contributed by atoms with Crippen LogP contribution in [0, 0.1) is 0 Å². The summed E-state index contributed by atoms with van der Waals surface area (Å²) in [6.45, 7) is 6.59. The van der Waals surface area contributed by atoms with Crippen LogP contribution in [0.4, 0.5) is 11.4 Å². The number of unbranched alkanes of at least 4 members (excludes halogenated alkanes) is 5. The maximum Gasteiger partial charge on any atom is 0.294 e. The number of allylic oxidation sites excluding steroid dienone is 6. The lowest BCUT2D eigenvalue weighted by atomic mass is 9.77. The van der Waals surface area contributed by atoms with Crippen LogP contribution >= 0.6 is 0 Å². The van der Waals surface area contributed by atoms with Gasteiger partial charge in [-0.25, -0.2) is 0 Å². The maximum atomic E-state index is 12.2. The van der Waals surface area contributed by atoms with Crippen molar-refractivity contribution in [2.24, 2.45) is 0 Å². The molecule has 0 saturated carbocycles. The van der Waals surface area contributed by atoms with Gasteiger partial charge in [0.05, 0.1) is 26.7 Å². The molecule has 1 atom stereocenters. The largest absolute Gasteiger partial charge is 0.344 e. The summed E-state index contributed by atoms with van der Waals surface area (Å²) in [4.78, 5) is 12.2. The predicted molar refractivity (Wildman–Crippen MR) is 217 cm³/mol. The smallest absolute Gasteiger partial charge is 0.294 e. The van der Waals surface area contributed by atoms with Gasteiger partial charge in [0.1, 0.15) is 12.8 Å². The summed E-state index contributed by atoms with van der Waals surface area (Å²) in [5.74, 6) is -0.937. The van der Waals surface area contributed by atoms with Crippen molar-refractivity contribution in [1.82, 2.24) is 0 Å². The Morgan fingerprint density at radius 2 is 1.28 bits per heavy atom. The number of hydrogen-bond donors (Lipinski definition) is 4. The third-order valence-corrected chi connectivity index (χ3v) is 13.8. The molecule has 15 nitrogen and oxygen atoms in total. The molecule has 0 aliphatic carbocycles. The van der Waals surface area contributed by atoms with Crippen molar-refractivity contribution in [2.75, 3.05) is 29.5 Å². The molecule has 2 aliphatic heterocycles. The summed E-state index contributed by atoms with van der Waals surface area (Å²) in [7, 11) is -17.5. The first-order valence-corrected chi connectivity index (χ1v) is 24.6. The van der Waals surface area contributed by atoms with Crippen LogP contribution in [0.1, 0.15) is 89.7 Å². The van der Waals surface area contributed by atoms with Gasteiger partial charge in [0.2, 0.25) is 5.69 Å². The summed E-state index contributed by atoms with van der Waals surface area (Å²) in [5.41, 5.74) is 2.52. The van der Waals surface area contributed by atoms with E-state index in [1.807, 2.05) is 43.9 Å². The van der Waals surface area contributed by atoms with E-state index in [-0.39, 0.29) is 29.2 Å². The normalized spacial score (nSPS) is 19.3. The lowest BCUT2D eigenvalue weighted by Gasteiger charge is -2.30. The van der Waals surface area contributed by atoms with Crippen LogP contribution in [-0.4, -0.2) is 93.1 Å². The second kappa shape index (κ2) is 18.1. The number of aldehydes is 1. The van der Waals surface area contributed by atoms with E-state index in [0.717, 1.165) is 36.9 Å². The van der Waals surface area contributed by atoms with E-state index in [1.165, 1.54) is 24.3 Å². The fourth-order valence-corrected chi connectivity index (χ4v) is 9.75. The van der Waals surface area contributed by atoms with Crippen molar-refractivity contribution in [3.63, 3.8) is 0 Å². The minimum absolute atomic E-state index is 0.109. The van der Waals surface area contributed by atoms with Crippen LogP contribution in [0.5, 0.6) is 0 Å². The van der Waals surface area contributed by atoms with Crippen molar-refractivity contribution >= 4 is 63.8 Å². The van der Waals surface area contributed by atoms with Crippen molar-refractivity contribution in [1.29, 1.82) is 0 Å². The molecule has 0 bridgehead atoms. The molecule has 1 unspecified atom stereocenters. The van der Waals surface area contributed by atoms with E-state index in [9.17, 15) is 56.7 Å². The molecule has 0 aromatic heterocycles. The quantitative estimate of drug-likeness (QED) is 0.0380. The molecule has 0 spiro atoms. The Bertz CT molecular complexity index is 2420. The number of benzene rings is 2. The Morgan fingerprint density at radius 3 is 1.88 bits per heavy atom. The topological polar surface area (TPSA) is 241 Å². The Labute approximate surface area is 335 Å². The number of fused-ring (bicyclic) bond motifs is 2. The van der Waals surface area contributed by atoms with Crippen molar-refractivity contribution < 1.29 is 61.3 Å². The van der Waals surface area contributed by atoms with E-state index in [2.05, 4.69) is 4.58 Å². The minimum Gasteiger partial charge on any atom is -0.344 e. The van der Waals surface area contributed by atoms with Gasteiger partial charge in [-0.2, -0.15) is 38.2 Å². The molecule has 4 rings (SSSR count). The molecule has 2 heterocycles. The lowest BCUT2D eigenvalue weighted by molar-refractivity contribution is -0.438. The third kappa shape index (κ3) is 11.8. The molecule has 0 saturated heterocycles. The molecule has 2 aromatic rings. The Balaban J connectivity index is 1.76. The van der Waals surface area contributed by atoms with Gasteiger partial charge in [0, 0.05) is 53.9 Å². The van der Waals surface area contributed by atoms with Gasteiger partial charge < -0.3 is 9.69 Å². The van der Waals surface area contributed by atoms with Crippen LogP contribution in [0.2, 0.25) is 0 Å². The van der Waals surface area contributed by atoms with Crippen molar-refractivity contribution in [3.05, 3.63) is 83.6 Å². The lowest BCUT2D eigenvalue weighted by Crippen LogP contribution is -2.29. The Kier molecular flexibility index (Phi) is 14.7. The van der Waals surface area contributed by atoms with Crippen molar-refractivity contribution in [2.45, 2.75) is 99.2 Å². The van der Waals surface area contributed by atoms with Gasteiger partial charge in [0.25, 0.3) is 40.5 Å². The van der Waals surface area contributed by atoms with E-state index >= 15 is 0 Å². The molecule has 57 heavy (non-hydrogen) atoms. The highest BCUT2D eigenvalue weighted by Crippen LogP contribution is 2.51. The number of hydrogen-bond acceptors (Lipinski definition) is 10. The molecule has 0 radical (unpaired) electrons. The predicted octanol–water partition coefficient (Wildman–Crippen LogP) is 5.82. The minimum atomic E-state index is -4.61. The van der Waals surface area contributed by atoms with Crippen LogP contribution in [0.25, 0.3) is 0 Å². The standard InChI is InChI=1S/C38H50N2O13S4/c1-37(2)31-27-29(56(48,49)50)17-19-33(31)39(22-10-4-5-12-24-41)35(37)15-7-6-8-16-36-38(3,21-9-13-25-54(42,43)44)32-28-30(57(51,52)53)18-20-34(32)40(36)23-11-14-26-55(45,46)47/h6-8,15-20,24,27-28H,4-5,9-14,21-23,25-26H2,1-3H3,(H3-,42,43,44,45,46,47,48,49,50,51,52,53)/p+1. The molecule has 314 valence electrons. The monoisotopic (exact) mass is 871 g/mol. The highest BCUT2D eigenvalue weighted by atomic mass is 32.2. The van der Waals surface area contributed by atoms with Gasteiger partial charge >= 0.3 is 0 Å². The second-order valence-electron chi connectivity index (χ2n) is 15.0. The fraction of sp³-hybridized carbons (Fsp3) is 0.474. The zero-order valence-electron chi connectivity index (χ0n) is 32.1. The number of nitrogens with zero attached hydrogens (tertiary/aromatic N) is 2. The Morgan fingerprint density at radius 1 is 0.684 bits per heavy atom. The van der Waals surface area contributed by atoms with Gasteiger partial charge in [-0.1, -0.05) is 24.6 Å². The van der Waals surface area contributed by atoms with Crippen LogP contribution in [-0.2, 0) is 56.1 Å². The highest BCUT2D eigenvalue weighted by Gasteiger charge is 2.45. The molecular weight excluding hydrogens is 821 g/mol. The van der Waals surface area contributed by atoms with E-state index in [1.54, 1.807) is 24.3 Å². The summed E-state index contributed by atoms with van der Waals surface area (Å²) >= 11 is 0. The molecule has 2 aliphatic rings. The van der Waals surface area contributed by atoms with Gasteiger partial charge in [-0.05, 0) is 101 Å². The van der Waals surface area contributed by atoms with Crippen molar-refractivity contribution in [3.8, 4) is 0 Å². The Hall–Kier alpha value is -3.56. The summed E-state index contributed by atoms with van der Waals surface area (Å²) in [6.07, 6.45) is 13.8. The average Bonchev–Trinajstić information content (AvgIpc) is 3.45. The number of carbonyl (C=O) groups is 1. The van der Waals surface area contributed by atoms with E-state index in [4.69, 9.17) is 0 Å². The molecule has 0 amide bonds. The van der Waals surface area contributed by atoms with Crippen LogP contribution in [0.3, 0.4) is 0 Å². The van der Waals surface area contributed by atoms with Gasteiger partial charge in [-0.15, -0.1) is 0 Å². The van der Waals surface area contributed by atoms with Gasteiger partial charge in [0.15, 0.2) is 5.71 Å². The molecule has 4 N–H and O–H groups in total. The van der Waals surface area contributed by atoms with Crippen LogP contribution < -0.4 is 4.90 Å². The van der Waals surface area contributed by atoms with Crippen LogP contribution in [0.15, 0.2) is 82.3 Å². The van der Waals surface area contributed by atoms with E-state index < -0.39 is 62.8 Å². The summed E-state index contributed by atoms with van der Waals surface area (Å²) in [5, 5.41) is 0. The number of anilines is 1. The summed E-state index contributed by atoms with van der Waals surface area (Å²) < 4.78 is 135. The average molecular weight is 872 g/mol. The zero-order chi connectivity index (χ0) is 42.5. The zero-order valence-corrected chi connectivity index (χ0v) is 35.4. The highest BCUT2D eigenvalue weighted by molar-refractivity contribution is 7.86. The summed E-state index contributed by atoms with van der Waals surface area (Å²) in [6, 6.07) is 8.65. The van der Waals surface area contributed by atoms with E-state index in [0.29, 0.717) is 54.7 Å². The molecule has 0 fully saturated rings. The van der Waals surface area contributed by atoms with Gasteiger partial charge in [-0.3, -0.25) is 18.2 Å². The number of rotatable bonds is 21. The maximum absolute atomic E-state index is 12.2. The first kappa shape index (κ1) is 46.1. The number of carbonyl (C=O) groups excluding carboxylic acids is 1. The fourth-order valence-electron chi connectivity index (χ4n) is 7.60. The SMILES string of the molecule is CC1(C)C(/C=C/C=C/C=C2\N(CCCCS(=O)(=O)O)c3ccc(S(=O)(=O)O)cc3C2(C)CCCCS(=O)(=O)O)=[N+](CCCCCC=O)c2ccc(S(=O)(=O)O)cc21. The molecule has 19 heteroatoms. The first-order valence-electron chi connectivity index (χ1n) is 18.5.